The molecule has 1 fully saturated rings. The third-order valence-corrected chi connectivity index (χ3v) is 4.95. The summed E-state index contributed by atoms with van der Waals surface area (Å²) >= 11 is 5.15. The van der Waals surface area contributed by atoms with Gasteiger partial charge in [-0.3, -0.25) is 4.79 Å². The highest BCUT2D eigenvalue weighted by atomic mass is 79.9. The summed E-state index contributed by atoms with van der Waals surface area (Å²) in [5.74, 6) is 2.16. The van der Waals surface area contributed by atoms with Crippen LogP contribution in [0.25, 0.3) is 11.4 Å². The summed E-state index contributed by atoms with van der Waals surface area (Å²) in [5, 5.41) is 0. The molecule has 3 rings (SSSR count). The quantitative estimate of drug-likeness (QED) is 0.841. The molecule has 1 saturated carbocycles. The summed E-state index contributed by atoms with van der Waals surface area (Å²) in [6, 6.07) is 8.17. The number of thioether (sulfide) groups is 1. The van der Waals surface area contributed by atoms with E-state index in [9.17, 15) is 4.79 Å². The Bertz CT molecular complexity index is 677. The van der Waals surface area contributed by atoms with Gasteiger partial charge in [-0.15, -0.1) is 11.8 Å². The van der Waals surface area contributed by atoms with E-state index in [2.05, 4.69) is 45.0 Å². The number of hydrogen-bond donors (Lipinski definition) is 1. The molecule has 0 atom stereocenters. The van der Waals surface area contributed by atoms with E-state index < -0.39 is 0 Å². The molecule has 1 N–H and O–H groups in total. The van der Waals surface area contributed by atoms with Crippen LogP contribution in [0.1, 0.15) is 31.4 Å². The van der Waals surface area contributed by atoms with Crippen molar-refractivity contribution in [3.63, 3.8) is 0 Å². The molecule has 1 aromatic carbocycles. The van der Waals surface area contributed by atoms with E-state index in [1.807, 2.05) is 12.1 Å². The lowest BCUT2D eigenvalue weighted by atomic mass is 10.2. The van der Waals surface area contributed by atoms with E-state index in [0.29, 0.717) is 16.2 Å². The molecule has 1 aliphatic carbocycles. The molecular weight excluding hydrogens is 336 g/mol. The summed E-state index contributed by atoms with van der Waals surface area (Å²) in [4.78, 5) is 20.7. The molecule has 1 aliphatic rings. The fourth-order valence-electron chi connectivity index (χ4n) is 2.12. The van der Waals surface area contributed by atoms with Crippen LogP contribution >= 0.6 is 27.7 Å². The highest BCUT2D eigenvalue weighted by Gasteiger charge is 2.29. The van der Waals surface area contributed by atoms with Gasteiger partial charge in [0, 0.05) is 16.4 Å². The van der Waals surface area contributed by atoms with Gasteiger partial charge < -0.3 is 4.98 Å². The maximum atomic E-state index is 12.0. The van der Waals surface area contributed by atoms with Crippen molar-refractivity contribution >= 4 is 27.7 Å². The predicted octanol–water partition coefficient (Wildman–Crippen LogP) is 4.19. The number of aromatic nitrogens is 2. The standard InChI is InChI=1S/C15H15BrN2OS/c1-2-20-11-7-5-10(6-8-11)14-17-13(9-3-4-9)12(16)15(19)18-14/h5-9H,2-4H2,1H3,(H,17,18,19). The van der Waals surface area contributed by atoms with Gasteiger partial charge in [0.15, 0.2) is 0 Å². The number of nitrogens with zero attached hydrogens (tertiary/aromatic N) is 1. The van der Waals surface area contributed by atoms with E-state index in [1.165, 1.54) is 4.90 Å². The first kappa shape index (κ1) is 13.9. The highest BCUT2D eigenvalue weighted by Crippen LogP contribution is 2.41. The Labute approximate surface area is 130 Å². The van der Waals surface area contributed by atoms with E-state index >= 15 is 0 Å². The van der Waals surface area contributed by atoms with Crippen molar-refractivity contribution in [1.82, 2.24) is 9.97 Å². The number of hydrogen-bond acceptors (Lipinski definition) is 3. The topological polar surface area (TPSA) is 45.8 Å². The smallest absolute Gasteiger partial charge is 0.265 e. The first-order valence-corrected chi connectivity index (χ1v) is 8.50. The second kappa shape index (κ2) is 5.74. The fourth-order valence-corrected chi connectivity index (χ4v) is 3.29. The zero-order valence-electron chi connectivity index (χ0n) is 11.1. The Morgan fingerprint density at radius 1 is 1.35 bits per heavy atom. The molecule has 0 bridgehead atoms. The van der Waals surface area contributed by atoms with E-state index in [0.717, 1.165) is 29.9 Å². The van der Waals surface area contributed by atoms with Crippen LogP contribution in [0.2, 0.25) is 0 Å². The van der Waals surface area contributed by atoms with Crippen molar-refractivity contribution in [3.05, 3.63) is 44.8 Å². The van der Waals surface area contributed by atoms with Crippen LogP contribution in [0.15, 0.2) is 38.4 Å². The summed E-state index contributed by atoms with van der Waals surface area (Å²) < 4.78 is 0.585. The minimum Gasteiger partial charge on any atom is -0.306 e. The lowest BCUT2D eigenvalue weighted by Crippen LogP contribution is -2.13. The number of benzene rings is 1. The molecule has 2 aromatic rings. The molecule has 3 nitrogen and oxygen atoms in total. The van der Waals surface area contributed by atoms with Crippen LogP contribution in [0.4, 0.5) is 0 Å². The molecule has 20 heavy (non-hydrogen) atoms. The SMILES string of the molecule is CCSc1ccc(-c2nc(C3CC3)c(Br)c(=O)[nH]2)cc1. The van der Waals surface area contributed by atoms with Gasteiger partial charge in [-0.05, 0) is 46.7 Å². The Morgan fingerprint density at radius 3 is 2.65 bits per heavy atom. The van der Waals surface area contributed by atoms with Gasteiger partial charge in [-0.25, -0.2) is 4.98 Å². The minimum absolute atomic E-state index is 0.0936. The Balaban J connectivity index is 1.99. The number of halogens is 1. The van der Waals surface area contributed by atoms with Crippen molar-refractivity contribution in [2.45, 2.75) is 30.6 Å². The molecule has 0 spiro atoms. The van der Waals surface area contributed by atoms with Gasteiger partial charge in [-0.1, -0.05) is 19.1 Å². The number of aromatic amines is 1. The number of H-pyrrole nitrogens is 1. The molecular formula is C15H15BrN2OS. The second-order valence-corrected chi connectivity index (χ2v) is 6.98. The largest absolute Gasteiger partial charge is 0.306 e. The summed E-state index contributed by atoms with van der Waals surface area (Å²) in [7, 11) is 0. The predicted molar refractivity (Wildman–Crippen MR) is 86.4 cm³/mol. The van der Waals surface area contributed by atoms with Gasteiger partial charge in [0.05, 0.1) is 5.69 Å². The normalized spacial score (nSPS) is 14.5. The van der Waals surface area contributed by atoms with Crippen molar-refractivity contribution in [1.29, 1.82) is 0 Å². The Kier molecular flexibility index (Phi) is 3.98. The lowest BCUT2D eigenvalue weighted by molar-refractivity contribution is 0.960. The molecule has 5 heteroatoms. The first-order valence-electron chi connectivity index (χ1n) is 6.72. The van der Waals surface area contributed by atoms with E-state index in [-0.39, 0.29) is 5.56 Å². The third-order valence-electron chi connectivity index (χ3n) is 3.29. The van der Waals surface area contributed by atoms with Gasteiger partial charge in [0.2, 0.25) is 0 Å². The zero-order chi connectivity index (χ0) is 14.1. The van der Waals surface area contributed by atoms with Crippen molar-refractivity contribution in [3.8, 4) is 11.4 Å². The van der Waals surface area contributed by atoms with Gasteiger partial charge in [0.25, 0.3) is 5.56 Å². The molecule has 0 unspecified atom stereocenters. The van der Waals surface area contributed by atoms with Gasteiger partial charge >= 0.3 is 0 Å². The van der Waals surface area contributed by atoms with Crippen LogP contribution in [-0.2, 0) is 0 Å². The zero-order valence-corrected chi connectivity index (χ0v) is 13.6. The third kappa shape index (κ3) is 2.83. The minimum atomic E-state index is -0.0936. The first-order chi connectivity index (χ1) is 9.69. The summed E-state index contributed by atoms with van der Waals surface area (Å²) in [6.45, 7) is 2.13. The average Bonchev–Trinajstić information content (AvgIpc) is 3.27. The number of rotatable bonds is 4. The molecule has 1 heterocycles. The molecule has 0 radical (unpaired) electrons. The van der Waals surface area contributed by atoms with Crippen LogP contribution in [0, 0.1) is 0 Å². The lowest BCUT2D eigenvalue weighted by Gasteiger charge is -2.06. The molecule has 0 saturated heterocycles. The van der Waals surface area contributed by atoms with Crippen LogP contribution in [0.3, 0.4) is 0 Å². The van der Waals surface area contributed by atoms with Crippen LogP contribution < -0.4 is 5.56 Å². The molecule has 1 aromatic heterocycles. The highest BCUT2D eigenvalue weighted by molar-refractivity contribution is 9.10. The van der Waals surface area contributed by atoms with E-state index in [1.54, 1.807) is 11.8 Å². The monoisotopic (exact) mass is 350 g/mol. The van der Waals surface area contributed by atoms with Crippen molar-refractivity contribution < 1.29 is 0 Å². The Morgan fingerprint density at radius 2 is 2.05 bits per heavy atom. The maximum absolute atomic E-state index is 12.0. The van der Waals surface area contributed by atoms with Crippen molar-refractivity contribution in [2.24, 2.45) is 0 Å². The van der Waals surface area contributed by atoms with Crippen molar-refractivity contribution in [2.75, 3.05) is 5.75 Å². The van der Waals surface area contributed by atoms with Crippen LogP contribution in [0.5, 0.6) is 0 Å². The van der Waals surface area contributed by atoms with E-state index in [4.69, 9.17) is 0 Å². The van der Waals surface area contributed by atoms with Crippen LogP contribution in [-0.4, -0.2) is 15.7 Å². The second-order valence-electron chi connectivity index (χ2n) is 4.85. The van der Waals surface area contributed by atoms with Gasteiger partial charge in [0.1, 0.15) is 10.3 Å². The molecule has 0 aliphatic heterocycles. The number of nitrogens with one attached hydrogen (secondary N) is 1. The summed E-state index contributed by atoms with van der Waals surface area (Å²) in [5.41, 5.74) is 1.76. The maximum Gasteiger partial charge on any atom is 0.265 e. The fraction of sp³-hybridized carbons (Fsp3) is 0.333. The Hall–Kier alpha value is -1.07. The average molecular weight is 351 g/mol. The molecule has 104 valence electrons. The van der Waals surface area contributed by atoms with Gasteiger partial charge in [-0.2, -0.15) is 0 Å². The molecule has 0 amide bonds. The summed E-state index contributed by atoms with van der Waals surface area (Å²) in [6.07, 6.45) is 2.25.